The van der Waals surface area contributed by atoms with Crippen LogP contribution in [0.3, 0.4) is 0 Å². The van der Waals surface area contributed by atoms with E-state index in [0.717, 1.165) is 0 Å². The topological polar surface area (TPSA) is 47.0 Å². The van der Waals surface area contributed by atoms with E-state index in [1.165, 1.54) is 6.26 Å². The van der Waals surface area contributed by atoms with Crippen LogP contribution in [0, 0.1) is 0 Å². The number of pyridine rings is 1. The lowest BCUT2D eigenvalue weighted by molar-refractivity contribution is 0.101. The van der Waals surface area contributed by atoms with Crippen molar-refractivity contribution < 1.29 is 9.00 Å². The first-order chi connectivity index (χ1) is 5.70. The van der Waals surface area contributed by atoms with Crippen molar-refractivity contribution in [3.8, 4) is 0 Å². The smallest absolute Gasteiger partial charge is 0.193 e. The molecule has 1 heterocycles. The lowest BCUT2D eigenvalue weighted by atomic mass is 10.3. The molecule has 0 saturated carbocycles. The predicted octanol–water partition coefficient (Wildman–Crippen LogP) is 0.643. The number of carbonyl (C=O) groups excluding carboxylic acids is 1. The second-order valence-corrected chi connectivity index (χ2v) is 3.79. The number of rotatable bonds is 3. The van der Waals surface area contributed by atoms with Gasteiger partial charge in [0.15, 0.2) is 5.78 Å². The first-order valence-electron chi connectivity index (χ1n) is 3.44. The van der Waals surface area contributed by atoms with Crippen LogP contribution in [0.4, 0.5) is 0 Å². The van der Waals surface area contributed by atoms with Crippen LogP contribution in [0.25, 0.3) is 0 Å². The Morgan fingerprint density at radius 1 is 1.58 bits per heavy atom. The molecule has 0 aliphatic carbocycles. The van der Waals surface area contributed by atoms with E-state index in [0.29, 0.717) is 5.69 Å². The summed E-state index contributed by atoms with van der Waals surface area (Å²) in [6.07, 6.45) is 3.05. The molecule has 0 fully saturated rings. The summed E-state index contributed by atoms with van der Waals surface area (Å²) >= 11 is 0. The molecule has 0 bridgehead atoms. The largest absolute Gasteiger partial charge is 0.291 e. The van der Waals surface area contributed by atoms with Crippen LogP contribution in [0.5, 0.6) is 0 Å². The van der Waals surface area contributed by atoms with Crippen molar-refractivity contribution in [1.29, 1.82) is 0 Å². The van der Waals surface area contributed by atoms with Gasteiger partial charge in [-0.15, -0.1) is 0 Å². The van der Waals surface area contributed by atoms with Gasteiger partial charge in [-0.05, 0) is 12.1 Å². The summed E-state index contributed by atoms with van der Waals surface area (Å²) in [6.45, 7) is 0. The van der Waals surface area contributed by atoms with E-state index in [2.05, 4.69) is 4.98 Å². The van der Waals surface area contributed by atoms with Gasteiger partial charge in [0.05, 0.1) is 5.75 Å². The number of hydrogen-bond donors (Lipinski definition) is 0. The summed E-state index contributed by atoms with van der Waals surface area (Å²) in [5, 5.41) is 0. The second-order valence-electron chi connectivity index (χ2n) is 2.36. The lowest BCUT2D eigenvalue weighted by Crippen LogP contribution is -2.10. The van der Waals surface area contributed by atoms with Crippen LogP contribution >= 0.6 is 0 Å². The minimum absolute atomic E-state index is 0.0526. The van der Waals surface area contributed by atoms with Crippen molar-refractivity contribution in [2.75, 3.05) is 12.0 Å². The van der Waals surface area contributed by atoms with Gasteiger partial charge in [-0.3, -0.25) is 14.0 Å². The molecule has 0 spiro atoms. The highest BCUT2D eigenvalue weighted by Crippen LogP contribution is 1.95. The van der Waals surface area contributed by atoms with Gasteiger partial charge in [0.2, 0.25) is 0 Å². The van der Waals surface area contributed by atoms with Gasteiger partial charge in [0, 0.05) is 23.3 Å². The zero-order valence-electron chi connectivity index (χ0n) is 6.69. The Morgan fingerprint density at radius 3 is 2.83 bits per heavy atom. The molecule has 0 radical (unpaired) electrons. The predicted molar refractivity (Wildman–Crippen MR) is 47.5 cm³/mol. The summed E-state index contributed by atoms with van der Waals surface area (Å²) in [5.41, 5.74) is 0.382. The molecule has 0 aliphatic rings. The number of Topliss-reactive ketones (excluding diaryl/α,β-unsaturated/α-hetero) is 1. The monoisotopic (exact) mass is 183 g/mol. The number of aromatic nitrogens is 1. The Bertz CT molecular complexity index is 297. The standard InChI is InChI=1S/C8H9NO2S/c1-12(11)6-8(10)7-4-2-3-5-9-7/h2-5H,6H2,1H3/t12-/m1/s1. The normalized spacial score (nSPS) is 12.4. The number of carbonyl (C=O) groups is 1. The molecule has 64 valence electrons. The van der Waals surface area contributed by atoms with E-state index < -0.39 is 10.8 Å². The molecule has 0 aromatic carbocycles. The van der Waals surface area contributed by atoms with E-state index in [-0.39, 0.29) is 11.5 Å². The lowest BCUT2D eigenvalue weighted by Gasteiger charge is -1.95. The van der Waals surface area contributed by atoms with Crippen LogP contribution in [0.15, 0.2) is 24.4 Å². The van der Waals surface area contributed by atoms with E-state index in [4.69, 9.17) is 0 Å². The summed E-state index contributed by atoms with van der Waals surface area (Å²) in [5.74, 6) is -0.117. The average molecular weight is 183 g/mol. The Kier molecular flexibility index (Phi) is 3.10. The molecular formula is C8H9NO2S. The molecule has 1 atom stereocenters. The van der Waals surface area contributed by atoms with Crippen LogP contribution in [0.2, 0.25) is 0 Å². The molecule has 0 N–H and O–H groups in total. The van der Waals surface area contributed by atoms with Gasteiger partial charge in [-0.25, -0.2) is 0 Å². The molecule has 0 saturated heterocycles. The Labute approximate surface area is 73.3 Å². The SMILES string of the molecule is C[S@@](=O)CC(=O)c1ccccn1. The average Bonchev–Trinajstić information content (AvgIpc) is 2.05. The molecule has 0 unspecified atom stereocenters. The summed E-state index contributed by atoms with van der Waals surface area (Å²) in [7, 11) is -1.09. The highest BCUT2D eigenvalue weighted by molar-refractivity contribution is 7.85. The van der Waals surface area contributed by atoms with E-state index >= 15 is 0 Å². The van der Waals surface area contributed by atoms with Gasteiger partial charge < -0.3 is 0 Å². The highest BCUT2D eigenvalue weighted by Gasteiger charge is 2.07. The maximum absolute atomic E-state index is 11.2. The van der Waals surface area contributed by atoms with E-state index in [9.17, 15) is 9.00 Å². The fourth-order valence-corrected chi connectivity index (χ4v) is 1.30. The van der Waals surface area contributed by atoms with Crippen LogP contribution in [-0.2, 0) is 10.8 Å². The van der Waals surface area contributed by atoms with Gasteiger partial charge in [-0.1, -0.05) is 6.07 Å². The van der Waals surface area contributed by atoms with Crippen LogP contribution in [0.1, 0.15) is 10.5 Å². The third-order valence-electron chi connectivity index (χ3n) is 1.28. The molecule has 1 aromatic heterocycles. The fourth-order valence-electron chi connectivity index (χ4n) is 0.786. The van der Waals surface area contributed by atoms with Gasteiger partial charge in [0.1, 0.15) is 5.69 Å². The minimum atomic E-state index is -1.09. The maximum Gasteiger partial charge on any atom is 0.193 e. The fraction of sp³-hybridized carbons (Fsp3) is 0.250. The van der Waals surface area contributed by atoms with Crippen molar-refractivity contribution in [3.63, 3.8) is 0 Å². The Balaban J connectivity index is 2.73. The molecule has 1 rings (SSSR count). The molecule has 4 heteroatoms. The third kappa shape index (κ3) is 2.54. The Morgan fingerprint density at radius 2 is 2.33 bits per heavy atom. The van der Waals surface area contributed by atoms with Crippen molar-refractivity contribution >= 4 is 16.6 Å². The Hall–Kier alpha value is -1.03. The summed E-state index contributed by atoms with van der Waals surface area (Å²) in [4.78, 5) is 15.0. The van der Waals surface area contributed by atoms with Crippen molar-refractivity contribution in [2.45, 2.75) is 0 Å². The molecule has 12 heavy (non-hydrogen) atoms. The maximum atomic E-state index is 11.2. The molecule has 3 nitrogen and oxygen atoms in total. The molecule has 0 aliphatic heterocycles. The first-order valence-corrected chi connectivity index (χ1v) is 5.17. The van der Waals surface area contributed by atoms with Gasteiger partial charge in [0.25, 0.3) is 0 Å². The minimum Gasteiger partial charge on any atom is -0.291 e. The van der Waals surface area contributed by atoms with Crippen molar-refractivity contribution in [1.82, 2.24) is 4.98 Å². The van der Waals surface area contributed by atoms with E-state index in [1.54, 1.807) is 24.4 Å². The zero-order valence-corrected chi connectivity index (χ0v) is 7.50. The second kappa shape index (κ2) is 4.11. The number of nitrogens with zero attached hydrogens (tertiary/aromatic N) is 1. The summed E-state index contributed by atoms with van der Waals surface area (Å²) in [6, 6.07) is 5.09. The quantitative estimate of drug-likeness (QED) is 0.646. The number of ketones is 1. The van der Waals surface area contributed by atoms with Gasteiger partial charge in [-0.2, -0.15) is 0 Å². The van der Waals surface area contributed by atoms with Gasteiger partial charge >= 0.3 is 0 Å². The number of hydrogen-bond acceptors (Lipinski definition) is 3. The van der Waals surface area contributed by atoms with Crippen molar-refractivity contribution in [2.24, 2.45) is 0 Å². The zero-order chi connectivity index (χ0) is 8.97. The summed E-state index contributed by atoms with van der Waals surface area (Å²) < 4.78 is 10.7. The molecule has 1 aromatic rings. The third-order valence-corrected chi connectivity index (χ3v) is 1.95. The van der Waals surface area contributed by atoms with Crippen molar-refractivity contribution in [3.05, 3.63) is 30.1 Å². The van der Waals surface area contributed by atoms with E-state index in [1.807, 2.05) is 0 Å². The molecule has 0 amide bonds. The molecular weight excluding hydrogens is 174 g/mol. The van der Waals surface area contributed by atoms with Crippen LogP contribution < -0.4 is 0 Å². The highest BCUT2D eigenvalue weighted by atomic mass is 32.2. The van der Waals surface area contributed by atoms with Crippen LogP contribution in [-0.4, -0.2) is 27.0 Å². The first kappa shape index (κ1) is 9.06.